The van der Waals surface area contributed by atoms with E-state index >= 15 is 0 Å². The summed E-state index contributed by atoms with van der Waals surface area (Å²) in [5, 5.41) is 25.4. The van der Waals surface area contributed by atoms with Crippen LogP contribution in [0.5, 0.6) is 11.5 Å². The Labute approximate surface area is 170 Å². The first-order valence-corrected chi connectivity index (χ1v) is 9.44. The molecule has 0 unspecified atom stereocenters. The SMILES string of the molecule is Oc1ccc(Nc2ccc(Cc3ccc(Nc4ccc(O)cc4)cc3)cc2)cc1. The number of aromatic hydroxyl groups is 2. The normalized spacial score (nSPS) is 10.5. The van der Waals surface area contributed by atoms with Crippen molar-refractivity contribution in [2.24, 2.45) is 0 Å². The van der Waals surface area contributed by atoms with Crippen molar-refractivity contribution in [2.75, 3.05) is 10.6 Å². The number of hydrogen-bond donors (Lipinski definition) is 4. The highest BCUT2D eigenvalue weighted by atomic mass is 16.3. The van der Waals surface area contributed by atoms with Crippen molar-refractivity contribution in [3.63, 3.8) is 0 Å². The van der Waals surface area contributed by atoms with E-state index in [1.165, 1.54) is 11.1 Å². The molecule has 4 nitrogen and oxygen atoms in total. The molecule has 0 aliphatic heterocycles. The van der Waals surface area contributed by atoms with Crippen molar-refractivity contribution < 1.29 is 10.2 Å². The van der Waals surface area contributed by atoms with E-state index in [-0.39, 0.29) is 11.5 Å². The molecule has 0 saturated heterocycles. The van der Waals surface area contributed by atoms with Crippen LogP contribution in [-0.4, -0.2) is 10.2 Å². The van der Waals surface area contributed by atoms with Gasteiger partial charge < -0.3 is 20.8 Å². The molecule has 4 N–H and O–H groups in total. The number of hydrogen-bond acceptors (Lipinski definition) is 4. The van der Waals surface area contributed by atoms with Gasteiger partial charge in [-0.2, -0.15) is 0 Å². The third-order valence-electron chi connectivity index (χ3n) is 4.63. The second kappa shape index (κ2) is 8.40. The molecule has 0 atom stereocenters. The van der Waals surface area contributed by atoms with Gasteiger partial charge in [-0.05, 0) is 90.3 Å². The first-order chi connectivity index (χ1) is 14.1. The standard InChI is InChI=1S/C25H22N2O2/c28-24-13-9-22(10-14-24)26-20-5-1-18(2-6-20)17-19-3-7-21(8-4-19)27-23-11-15-25(29)16-12-23/h1-16,26-29H,17H2. The first kappa shape index (κ1) is 18.4. The van der Waals surface area contributed by atoms with Gasteiger partial charge in [-0.25, -0.2) is 0 Å². The molecule has 0 amide bonds. The average molecular weight is 382 g/mol. The Balaban J connectivity index is 1.36. The molecule has 0 radical (unpaired) electrons. The Morgan fingerprint density at radius 1 is 0.414 bits per heavy atom. The maximum Gasteiger partial charge on any atom is 0.115 e. The highest BCUT2D eigenvalue weighted by Gasteiger charge is 2.00. The summed E-state index contributed by atoms with van der Waals surface area (Å²) in [6.07, 6.45) is 0.860. The fourth-order valence-corrected chi connectivity index (χ4v) is 3.07. The first-order valence-electron chi connectivity index (χ1n) is 9.44. The van der Waals surface area contributed by atoms with Crippen LogP contribution in [0.2, 0.25) is 0 Å². The molecular formula is C25H22N2O2. The van der Waals surface area contributed by atoms with E-state index in [1.807, 2.05) is 24.3 Å². The maximum atomic E-state index is 9.36. The van der Waals surface area contributed by atoms with Gasteiger partial charge >= 0.3 is 0 Å². The summed E-state index contributed by atoms with van der Waals surface area (Å²) in [7, 11) is 0. The van der Waals surface area contributed by atoms with Crippen LogP contribution in [0.1, 0.15) is 11.1 Å². The molecule has 0 aromatic heterocycles. The van der Waals surface area contributed by atoms with Gasteiger partial charge in [-0.1, -0.05) is 24.3 Å². The third kappa shape index (κ3) is 5.08. The molecular weight excluding hydrogens is 360 g/mol. The minimum atomic E-state index is 0.259. The highest BCUT2D eigenvalue weighted by Crippen LogP contribution is 2.22. The number of phenolic OH excluding ortho intramolecular Hbond substituents is 2. The maximum absolute atomic E-state index is 9.36. The highest BCUT2D eigenvalue weighted by molar-refractivity contribution is 5.62. The fourth-order valence-electron chi connectivity index (χ4n) is 3.07. The topological polar surface area (TPSA) is 64.5 Å². The number of benzene rings is 4. The van der Waals surface area contributed by atoms with E-state index in [2.05, 4.69) is 59.2 Å². The van der Waals surface area contributed by atoms with Crippen molar-refractivity contribution >= 4 is 22.7 Å². The molecule has 4 heteroatoms. The third-order valence-corrected chi connectivity index (χ3v) is 4.63. The van der Waals surface area contributed by atoms with E-state index in [0.717, 1.165) is 29.2 Å². The van der Waals surface area contributed by atoms with Crippen LogP contribution >= 0.6 is 0 Å². The largest absolute Gasteiger partial charge is 0.508 e. The summed E-state index contributed by atoms with van der Waals surface area (Å²) in [5.41, 5.74) is 6.36. The van der Waals surface area contributed by atoms with Crippen LogP contribution in [0.3, 0.4) is 0 Å². The Morgan fingerprint density at radius 3 is 1.00 bits per heavy atom. The molecule has 4 aromatic carbocycles. The van der Waals surface area contributed by atoms with Gasteiger partial charge in [0.15, 0.2) is 0 Å². The van der Waals surface area contributed by atoms with E-state index in [9.17, 15) is 10.2 Å². The summed E-state index contributed by atoms with van der Waals surface area (Å²) in [5.74, 6) is 0.519. The van der Waals surface area contributed by atoms with Gasteiger partial charge in [0, 0.05) is 22.7 Å². The van der Waals surface area contributed by atoms with Crippen molar-refractivity contribution in [1.29, 1.82) is 0 Å². The molecule has 0 heterocycles. The molecule has 0 bridgehead atoms. The Bertz CT molecular complexity index is 967. The van der Waals surface area contributed by atoms with E-state index in [0.29, 0.717) is 0 Å². The smallest absolute Gasteiger partial charge is 0.115 e. The Morgan fingerprint density at radius 2 is 0.690 bits per heavy atom. The minimum Gasteiger partial charge on any atom is -0.508 e. The van der Waals surface area contributed by atoms with E-state index in [4.69, 9.17) is 0 Å². The van der Waals surface area contributed by atoms with Crippen LogP contribution in [0.15, 0.2) is 97.1 Å². The summed E-state index contributed by atoms with van der Waals surface area (Å²) in [4.78, 5) is 0. The van der Waals surface area contributed by atoms with Crippen LogP contribution in [0.4, 0.5) is 22.7 Å². The lowest BCUT2D eigenvalue weighted by Gasteiger charge is -2.09. The summed E-state index contributed by atoms with van der Waals surface area (Å²) >= 11 is 0. The predicted octanol–water partition coefficient (Wildman–Crippen LogP) is 6.18. The molecule has 4 aromatic rings. The van der Waals surface area contributed by atoms with E-state index in [1.54, 1.807) is 24.3 Å². The van der Waals surface area contributed by atoms with Gasteiger partial charge in [-0.3, -0.25) is 0 Å². The van der Waals surface area contributed by atoms with Crippen LogP contribution in [0.25, 0.3) is 0 Å². The van der Waals surface area contributed by atoms with Crippen molar-refractivity contribution in [3.05, 3.63) is 108 Å². The lowest BCUT2D eigenvalue weighted by molar-refractivity contribution is 0.475. The second-order valence-electron chi connectivity index (χ2n) is 6.91. The molecule has 0 fully saturated rings. The van der Waals surface area contributed by atoms with E-state index < -0.39 is 0 Å². The summed E-state index contributed by atoms with van der Waals surface area (Å²) < 4.78 is 0. The van der Waals surface area contributed by atoms with Gasteiger partial charge in [0.25, 0.3) is 0 Å². The van der Waals surface area contributed by atoms with Crippen molar-refractivity contribution in [3.8, 4) is 11.5 Å². The van der Waals surface area contributed by atoms with Gasteiger partial charge in [0.1, 0.15) is 11.5 Å². The minimum absolute atomic E-state index is 0.259. The molecule has 0 saturated carbocycles. The molecule has 29 heavy (non-hydrogen) atoms. The fraction of sp³-hybridized carbons (Fsp3) is 0.0400. The second-order valence-corrected chi connectivity index (χ2v) is 6.91. The molecule has 0 aliphatic carbocycles. The molecule has 4 rings (SSSR count). The molecule has 0 aliphatic rings. The number of phenols is 2. The quantitative estimate of drug-likeness (QED) is 0.301. The number of rotatable bonds is 6. The zero-order valence-electron chi connectivity index (χ0n) is 15.8. The number of nitrogens with one attached hydrogen (secondary N) is 2. The van der Waals surface area contributed by atoms with Crippen molar-refractivity contribution in [2.45, 2.75) is 6.42 Å². The van der Waals surface area contributed by atoms with Crippen molar-refractivity contribution in [1.82, 2.24) is 0 Å². The summed E-state index contributed by atoms with van der Waals surface area (Å²) in [6.45, 7) is 0. The average Bonchev–Trinajstić information content (AvgIpc) is 2.74. The lowest BCUT2D eigenvalue weighted by Crippen LogP contribution is -1.93. The predicted molar refractivity (Wildman–Crippen MR) is 118 cm³/mol. The number of anilines is 4. The van der Waals surface area contributed by atoms with Gasteiger partial charge in [0.2, 0.25) is 0 Å². The zero-order valence-corrected chi connectivity index (χ0v) is 15.8. The van der Waals surface area contributed by atoms with Crippen LogP contribution in [-0.2, 0) is 6.42 Å². The zero-order chi connectivity index (χ0) is 20.1. The van der Waals surface area contributed by atoms with Crippen LogP contribution < -0.4 is 10.6 Å². The summed E-state index contributed by atoms with van der Waals surface area (Å²) in [6, 6.07) is 30.7. The molecule has 0 spiro atoms. The van der Waals surface area contributed by atoms with Gasteiger partial charge in [0.05, 0.1) is 0 Å². The van der Waals surface area contributed by atoms with Gasteiger partial charge in [-0.15, -0.1) is 0 Å². The molecule has 144 valence electrons. The Hall–Kier alpha value is -3.92. The monoisotopic (exact) mass is 382 g/mol. The lowest BCUT2D eigenvalue weighted by atomic mass is 10.0. The van der Waals surface area contributed by atoms with Crippen LogP contribution in [0, 0.1) is 0 Å². The Kier molecular flexibility index (Phi) is 5.34.